The molecule has 1 heterocycles. The molecule has 15 heavy (non-hydrogen) atoms. The number of fused-ring (bicyclic) bond motifs is 1. The van der Waals surface area contributed by atoms with Crippen molar-refractivity contribution in [1.29, 1.82) is 0 Å². The van der Waals surface area contributed by atoms with Crippen LogP contribution in [0, 0.1) is 5.92 Å². The molecule has 2 rings (SSSR count). The van der Waals surface area contributed by atoms with Gasteiger partial charge in [0.15, 0.2) is 0 Å². The summed E-state index contributed by atoms with van der Waals surface area (Å²) in [6.45, 7) is 5.30. The fourth-order valence-corrected chi connectivity index (χ4v) is 2.79. The lowest BCUT2D eigenvalue weighted by Gasteiger charge is -2.29. The van der Waals surface area contributed by atoms with E-state index in [-0.39, 0.29) is 0 Å². The lowest BCUT2D eigenvalue weighted by atomic mass is 9.76. The first-order valence-electron chi connectivity index (χ1n) is 6.04. The van der Waals surface area contributed by atoms with E-state index in [0.717, 1.165) is 31.7 Å². The van der Waals surface area contributed by atoms with Gasteiger partial charge in [-0.1, -0.05) is 13.8 Å². The third kappa shape index (κ3) is 1.81. The summed E-state index contributed by atoms with van der Waals surface area (Å²) in [5.74, 6) is 1.39. The van der Waals surface area contributed by atoms with Crippen LogP contribution in [0.1, 0.15) is 49.6 Å². The Kier molecular flexibility index (Phi) is 3.10. The molecule has 0 aromatic carbocycles. The van der Waals surface area contributed by atoms with Crippen LogP contribution in [0.25, 0.3) is 0 Å². The van der Waals surface area contributed by atoms with Gasteiger partial charge in [0, 0.05) is 5.69 Å². The highest BCUT2D eigenvalue weighted by Gasteiger charge is 2.29. The average Bonchev–Trinajstić information content (AvgIpc) is 2.65. The Labute approximate surface area is 91.4 Å². The summed E-state index contributed by atoms with van der Waals surface area (Å²) in [6, 6.07) is 0. The minimum Gasteiger partial charge on any atom is -0.330 e. The highest BCUT2D eigenvalue weighted by Crippen LogP contribution is 2.38. The van der Waals surface area contributed by atoms with E-state index in [2.05, 4.69) is 24.0 Å². The minimum atomic E-state index is 0.632. The number of nitrogens with one attached hydrogen (secondary N) is 1. The van der Waals surface area contributed by atoms with Crippen LogP contribution in [0.15, 0.2) is 0 Å². The van der Waals surface area contributed by atoms with E-state index in [0.29, 0.717) is 5.92 Å². The predicted molar refractivity (Wildman–Crippen MR) is 61.9 cm³/mol. The van der Waals surface area contributed by atoms with Crippen molar-refractivity contribution in [3.8, 4) is 0 Å². The lowest BCUT2D eigenvalue weighted by molar-refractivity contribution is 0.384. The maximum atomic E-state index is 5.71. The van der Waals surface area contributed by atoms with Crippen LogP contribution in [-0.4, -0.2) is 16.7 Å². The van der Waals surface area contributed by atoms with E-state index in [4.69, 9.17) is 5.73 Å². The smallest absolute Gasteiger partial charge is 0.0657 e. The quantitative estimate of drug-likeness (QED) is 0.796. The average molecular weight is 207 g/mol. The van der Waals surface area contributed by atoms with Gasteiger partial charge in [-0.15, -0.1) is 0 Å². The second-order valence-corrected chi connectivity index (χ2v) is 4.62. The van der Waals surface area contributed by atoms with Crippen molar-refractivity contribution >= 4 is 0 Å². The van der Waals surface area contributed by atoms with Gasteiger partial charge in [0.25, 0.3) is 0 Å². The molecule has 0 spiro atoms. The topological polar surface area (TPSA) is 54.7 Å². The largest absolute Gasteiger partial charge is 0.330 e. The Morgan fingerprint density at radius 1 is 1.53 bits per heavy atom. The Morgan fingerprint density at radius 2 is 2.33 bits per heavy atom. The number of aromatic nitrogens is 2. The first-order chi connectivity index (χ1) is 7.27. The molecule has 1 aromatic heterocycles. The number of nitrogens with zero attached hydrogens (tertiary/aromatic N) is 1. The highest BCUT2D eigenvalue weighted by molar-refractivity contribution is 5.32. The van der Waals surface area contributed by atoms with Gasteiger partial charge in [0.1, 0.15) is 0 Å². The van der Waals surface area contributed by atoms with Gasteiger partial charge in [-0.3, -0.25) is 5.10 Å². The molecule has 1 aliphatic carbocycles. The number of hydrogen-bond acceptors (Lipinski definition) is 2. The Balaban J connectivity index is 2.35. The van der Waals surface area contributed by atoms with Crippen LogP contribution < -0.4 is 5.73 Å². The van der Waals surface area contributed by atoms with Gasteiger partial charge >= 0.3 is 0 Å². The SMILES string of the molecule is CCc1n[nH]c2c1C(CCN)C(C)CC2. The van der Waals surface area contributed by atoms with Gasteiger partial charge in [-0.05, 0) is 49.6 Å². The van der Waals surface area contributed by atoms with Crippen molar-refractivity contribution in [3.05, 3.63) is 17.0 Å². The molecule has 3 N–H and O–H groups in total. The Morgan fingerprint density at radius 3 is 3.00 bits per heavy atom. The van der Waals surface area contributed by atoms with E-state index in [1.807, 2.05) is 0 Å². The van der Waals surface area contributed by atoms with Crippen LogP contribution in [0.2, 0.25) is 0 Å². The van der Waals surface area contributed by atoms with Gasteiger partial charge < -0.3 is 5.73 Å². The lowest BCUT2D eigenvalue weighted by Crippen LogP contribution is -2.21. The third-order valence-electron chi connectivity index (χ3n) is 3.68. The molecule has 0 amide bonds. The molecular weight excluding hydrogens is 186 g/mol. The van der Waals surface area contributed by atoms with Crippen LogP contribution in [-0.2, 0) is 12.8 Å². The summed E-state index contributed by atoms with van der Waals surface area (Å²) in [5.41, 5.74) is 9.82. The fourth-order valence-electron chi connectivity index (χ4n) is 2.79. The van der Waals surface area contributed by atoms with Crippen molar-refractivity contribution in [2.45, 2.75) is 45.4 Å². The molecule has 0 saturated carbocycles. The Hall–Kier alpha value is -0.830. The number of nitrogens with two attached hydrogens (primary N) is 1. The molecule has 3 nitrogen and oxygen atoms in total. The summed E-state index contributed by atoms with van der Waals surface area (Å²) < 4.78 is 0. The fraction of sp³-hybridized carbons (Fsp3) is 0.750. The van der Waals surface area contributed by atoms with Crippen molar-refractivity contribution in [1.82, 2.24) is 10.2 Å². The zero-order valence-electron chi connectivity index (χ0n) is 9.71. The molecular formula is C12H21N3. The summed E-state index contributed by atoms with van der Waals surface area (Å²) >= 11 is 0. The maximum Gasteiger partial charge on any atom is 0.0657 e. The van der Waals surface area contributed by atoms with E-state index >= 15 is 0 Å². The number of aromatic amines is 1. The number of rotatable bonds is 3. The van der Waals surface area contributed by atoms with Crippen LogP contribution in [0.5, 0.6) is 0 Å². The van der Waals surface area contributed by atoms with Crippen molar-refractivity contribution in [2.24, 2.45) is 11.7 Å². The molecule has 0 radical (unpaired) electrons. The van der Waals surface area contributed by atoms with Gasteiger partial charge in [-0.2, -0.15) is 5.10 Å². The third-order valence-corrected chi connectivity index (χ3v) is 3.68. The molecule has 0 saturated heterocycles. The monoisotopic (exact) mass is 207 g/mol. The van der Waals surface area contributed by atoms with Gasteiger partial charge in [-0.25, -0.2) is 0 Å². The molecule has 0 bridgehead atoms. The van der Waals surface area contributed by atoms with Crippen molar-refractivity contribution in [3.63, 3.8) is 0 Å². The summed E-state index contributed by atoms with van der Waals surface area (Å²) in [4.78, 5) is 0. The zero-order chi connectivity index (χ0) is 10.8. The molecule has 1 aromatic rings. The first kappa shape index (κ1) is 10.7. The first-order valence-corrected chi connectivity index (χ1v) is 6.04. The van der Waals surface area contributed by atoms with Gasteiger partial charge in [0.05, 0.1) is 5.69 Å². The predicted octanol–water partition coefficient (Wildman–Crippen LogP) is 1.99. The summed E-state index contributed by atoms with van der Waals surface area (Å²) in [5, 5.41) is 7.61. The normalized spacial score (nSPS) is 25.3. The number of aryl methyl sites for hydroxylation is 2. The standard InChI is InChI=1S/C12H21N3/c1-3-10-12-9(6-7-13)8(2)4-5-11(12)15-14-10/h8-9H,3-7,13H2,1-2H3,(H,14,15). The number of H-pyrrole nitrogens is 1. The van der Waals surface area contributed by atoms with Crippen LogP contribution >= 0.6 is 0 Å². The van der Waals surface area contributed by atoms with Crippen molar-refractivity contribution in [2.75, 3.05) is 6.54 Å². The highest BCUT2D eigenvalue weighted by atomic mass is 15.1. The van der Waals surface area contributed by atoms with E-state index in [1.165, 1.54) is 23.4 Å². The van der Waals surface area contributed by atoms with Crippen molar-refractivity contribution < 1.29 is 0 Å². The minimum absolute atomic E-state index is 0.632. The van der Waals surface area contributed by atoms with E-state index in [1.54, 1.807) is 0 Å². The van der Waals surface area contributed by atoms with E-state index in [9.17, 15) is 0 Å². The molecule has 3 heteroatoms. The molecule has 0 aliphatic heterocycles. The van der Waals surface area contributed by atoms with Crippen LogP contribution in [0.4, 0.5) is 0 Å². The summed E-state index contributed by atoms with van der Waals surface area (Å²) in [7, 11) is 0. The Bertz CT molecular complexity index is 316. The van der Waals surface area contributed by atoms with Crippen LogP contribution in [0.3, 0.4) is 0 Å². The molecule has 1 aliphatic rings. The van der Waals surface area contributed by atoms with Gasteiger partial charge in [0.2, 0.25) is 0 Å². The second-order valence-electron chi connectivity index (χ2n) is 4.62. The molecule has 84 valence electrons. The molecule has 2 unspecified atom stereocenters. The zero-order valence-corrected chi connectivity index (χ0v) is 9.71. The van der Waals surface area contributed by atoms with E-state index < -0.39 is 0 Å². The second kappa shape index (κ2) is 4.35. The molecule has 2 atom stereocenters. The maximum absolute atomic E-state index is 5.71. The summed E-state index contributed by atoms with van der Waals surface area (Å²) in [6.07, 6.45) is 4.55. The number of hydrogen-bond donors (Lipinski definition) is 2. The molecule has 0 fully saturated rings.